The number of nitrogens with one attached hydrogen (secondary N) is 7. The first-order valence-corrected chi connectivity index (χ1v) is 25.8. The van der Waals surface area contributed by atoms with Crippen molar-refractivity contribution in [2.45, 2.75) is 228 Å². The summed E-state index contributed by atoms with van der Waals surface area (Å²) < 4.78 is 6.02. The first-order valence-electron chi connectivity index (χ1n) is 25.8. The van der Waals surface area contributed by atoms with E-state index in [1.54, 1.807) is 55.4 Å². The normalized spacial score (nSPS) is 24.4. The maximum atomic E-state index is 14.2. The van der Waals surface area contributed by atoms with E-state index in [1.165, 1.54) is 0 Å². The van der Waals surface area contributed by atoms with Crippen molar-refractivity contribution in [3.8, 4) is 0 Å². The van der Waals surface area contributed by atoms with E-state index in [2.05, 4.69) is 51.1 Å². The van der Waals surface area contributed by atoms with Crippen molar-refractivity contribution in [2.24, 2.45) is 35.5 Å². The minimum Gasteiger partial charge on any atom is -0.481 e. The fourth-order valence-electron chi connectivity index (χ4n) is 8.22. The fraction of sp³-hybridized carbons (Fsp3) is 0.804. The van der Waals surface area contributed by atoms with Crippen LogP contribution in [-0.2, 0) is 52.7 Å². The first-order chi connectivity index (χ1) is 33.1. The minimum atomic E-state index is -1.72. The lowest BCUT2D eigenvalue weighted by molar-refractivity contribution is -0.155. The second kappa shape index (κ2) is 32.6. The van der Waals surface area contributed by atoms with Crippen molar-refractivity contribution in [1.29, 1.82) is 0 Å². The van der Waals surface area contributed by atoms with Crippen LogP contribution in [0, 0.1) is 35.5 Å². The number of carbonyl (C=O) groups is 10. The molecule has 0 saturated carbocycles. The maximum absolute atomic E-state index is 14.2. The summed E-state index contributed by atoms with van der Waals surface area (Å²) in [6.07, 6.45) is 2.60. The third-order valence-electron chi connectivity index (χ3n) is 11.9. The Bertz CT molecular complexity index is 1770. The molecule has 7 amide bonds. The van der Waals surface area contributed by atoms with Gasteiger partial charge in [-0.05, 0) is 80.5 Å². The molecule has 8 atom stereocenters. The van der Waals surface area contributed by atoms with Crippen LogP contribution in [0.5, 0.6) is 0 Å². The number of unbranched alkanes of at least 4 members (excludes halogenated alkanes) is 4. The van der Waals surface area contributed by atoms with E-state index in [4.69, 9.17) is 4.74 Å². The van der Waals surface area contributed by atoms with Crippen LogP contribution in [0.4, 0.5) is 0 Å². The predicted molar refractivity (Wildman–Crippen MR) is 267 cm³/mol. The molecule has 0 aromatic rings. The number of carbonyl (C=O) groups excluding carboxylic acids is 8. The van der Waals surface area contributed by atoms with E-state index in [-0.39, 0.29) is 62.2 Å². The second-order valence-electron chi connectivity index (χ2n) is 21.7. The van der Waals surface area contributed by atoms with Crippen LogP contribution in [0.2, 0.25) is 0 Å². The van der Waals surface area contributed by atoms with Crippen LogP contribution in [0.25, 0.3) is 0 Å². The summed E-state index contributed by atoms with van der Waals surface area (Å²) in [5, 5.41) is 37.8. The molecule has 0 aliphatic carbocycles. The molecule has 20 nitrogen and oxygen atoms in total. The highest BCUT2D eigenvalue weighted by atomic mass is 16.5. The molecule has 1 aliphatic heterocycles. The van der Waals surface area contributed by atoms with Gasteiger partial charge in [0, 0.05) is 6.42 Å². The highest BCUT2D eigenvalue weighted by molar-refractivity contribution is 5.98. The zero-order valence-corrected chi connectivity index (χ0v) is 44.6. The van der Waals surface area contributed by atoms with E-state index in [9.17, 15) is 58.2 Å². The lowest BCUT2D eigenvalue weighted by Crippen LogP contribution is -2.61. The Balaban J connectivity index is 4.00. The van der Waals surface area contributed by atoms with Gasteiger partial charge in [0.25, 0.3) is 0 Å². The van der Waals surface area contributed by atoms with Gasteiger partial charge >= 0.3 is 17.9 Å². The highest BCUT2D eigenvalue weighted by Crippen LogP contribution is 2.19. The molecule has 0 aromatic carbocycles. The number of hydrogen-bond donors (Lipinski definition) is 9. The Morgan fingerprint density at radius 2 is 0.873 bits per heavy atom. The molecule has 0 spiro atoms. The highest BCUT2D eigenvalue weighted by Gasteiger charge is 2.37. The molecule has 1 rings (SSSR count). The Labute approximate surface area is 421 Å². The smallest absolute Gasteiger partial charge is 0.328 e. The van der Waals surface area contributed by atoms with Crippen molar-refractivity contribution < 1.29 is 62.9 Å². The number of aliphatic carboxylic acids is 2. The lowest BCUT2D eigenvalue weighted by atomic mass is 9.98. The Hall–Kier alpha value is -5.30. The van der Waals surface area contributed by atoms with Gasteiger partial charge in [0.05, 0.1) is 12.8 Å². The van der Waals surface area contributed by atoms with E-state index < -0.39 is 133 Å². The van der Waals surface area contributed by atoms with E-state index >= 15 is 0 Å². The average Bonchev–Trinajstić information content (AvgIpc) is 3.23. The van der Waals surface area contributed by atoms with E-state index in [0.29, 0.717) is 12.3 Å². The number of hydrogen-bond acceptors (Lipinski definition) is 11. The number of amides is 7. The molecular weight excluding hydrogens is 919 g/mol. The molecule has 1 fully saturated rings. The third kappa shape index (κ3) is 26.6. The molecule has 20 heteroatoms. The lowest BCUT2D eigenvalue weighted by Gasteiger charge is -2.29. The number of carboxylic acid groups (broad SMARTS) is 2. The van der Waals surface area contributed by atoms with Crippen LogP contribution in [0.3, 0.4) is 0 Å². The van der Waals surface area contributed by atoms with Gasteiger partial charge in [-0.15, -0.1) is 0 Å². The third-order valence-corrected chi connectivity index (χ3v) is 11.9. The van der Waals surface area contributed by atoms with Gasteiger partial charge in [-0.3, -0.25) is 43.2 Å². The van der Waals surface area contributed by atoms with Crippen LogP contribution < -0.4 is 37.2 Å². The largest absolute Gasteiger partial charge is 0.481 e. The molecule has 1 heterocycles. The van der Waals surface area contributed by atoms with Crippen LogP contribution >= 0.6 is 0 Å². The molecule has 0 bridgehead atoms. The van der Waals surface area contributed by atoms with Crippen molar-refractivity contribution >= 4 is 59.3 Å². The van der Waals surface area contributed by atoms with Crippen LogP contribution in [0.1, 0.15) is 179 Å². The summed E-state index contributed by atoms with van der Waals surface area (Å²) in [4.78, 5) is 136. The van der Waals surface area contributed by atoms with Gasteiger partial charge in [-0.2, -0.15) is 0 Å². The summed E-state index contributed by atoms with van der Waals surface area (Å²) in [6.45, 7) is 21.9. The topological polar surface area (TPSA) is 305 Å². The molecule has 0 radical (unpaired) electrons. The molecule has 9 N–H and O–H groups in total. The van der Waals surface area contributed by atoms with Crippen molar-refractivity contribution in [2.75, 3.05) is 0 Å². The summed E-state index contributed by atoms with van der Waals surface area (Å²) in [6, 6.07) is -9.64. The van der Waals surface area contributed by atoms with Gasteiger partial charge in [-0.25, -0.2) is 4.79 Å². The molecule has 0 unspecified atom stereocenters. The average molecular weight is 1010 g/mol. The number of esters is 1. The fourth-order valence-corrected chi connectivity index (χ4v) is 8.22. The van der Waals surface area contributed by atoms with Crippen molar-refractivity contribution in [3.63, 3.8) is 0 Å². The quantitative estimate of drug-likeness (QED) is 0.0542. The summed E-state index contributed by atoms with van der Waals surface area (Å²) in [5.41, 5.74) is 0. The standard InChI is InChI=1S/C51H89N7O13/c1-28(2)18-16-14-13-15-17-19-34-26-41(59)52-35(20-21-42(60)61)45(64)53-36(22-29(3)4)46(65)55-38(24-31(7)8)49(68)58-44(33(11)12)50(69)56-39(27-43(62)63)48(67)54-37(23-30(5)6)47(66)57-40(25-32(9)10)51(70)71-34/h28-40,44H,13-27H2,1-12H3,(H,52,59)(H,53,64)(H,54,67)(H,55,65)(H,56,69)(H,57,66)(H,58,68)(H,60,61)(H,62,63)/t34-,35+,36+,37-,38-,39+,40+,44+/m1/s1. The Kier molecular flexibility index (Phi) is 29.3. The molecular formula is C51H89N7O13. The van der Waals surface area contributed by atoms with Gasteiger partial charge in [0.1, 0.15) is 48.4 Å². The maximum Gasteiger partial charge on any atom is 0.328 e. The number of carboxylic acids is 2. The SMILES string of the molecule is CC(C)CCCCCCC[C@@H]1CC(=O)N[C@@H](CCC(=O)O)C(=O)N[C@@H](CC(C)C)C(=O)N[C@H](CC(C)C)C(=O)N[C@@H](C(C)C)C(=O)N[C@@H](CC(=O)O)C(=O)N[C@H](CC(C)C)C(=O)N[C@@H](CC(C)C)C(=O)O1. The Morgan fingerprint density at radius 1 is 0.465 bits per heavy atom. The second-order valence-corrected chi connectivity index (χ2v) is 21.7. The number of ether oxygens (including phenoxy) is 1. The molecule has 1 saturated heterocycles. The number of rotatable bonds is 22. The van der Waals surface area contributed by atoms with Gasteiger partial charge < -0.3 is 52.2 Å². The Morgan fingerprint density at radius 3 is 1.32 bits per heavy atom. The van der Waals surface area contributed by atoms with Gasteiger partial charge in [0.15, 0.2) is 0 Å². The zero-order chi connectivity index (χ0) is 54.1. The minimum absolute atomic E-state index is 0.0387. The zero-order valence-electron chi connectivity index (χ0n) is 44.6. The molecule has 71 heavy (non-hydrogen) atoms. The number of cyclic esters (lactones) is 1. The summed E-state index contributed by atoms with van der Waals surface area (Å²) in [5.74, 6) is -10.2. The van der Waals surface area contributed by atoms with Gasteiger partial charge in [-0.1, -0.05) is 115 Å². The molecule has 0 aromatic heterocycles. The van der Waals surface area contributed by atoms with E-state index in [0.717, 1.165) is 32.1 Å². The molecule has 1 aliphatic rings. The predicted octanol–water partition coefficient (Wildman–Crippen LogP) is 4.26. The van der Waals surface area contributed by atoms with Gasteiger partial charge in [0.2, 0.25) is 41.4 Å². The van der Waals surface area contributed by atoms with Crippen LogP contribution in [-0.4, -0.2) is 118 Å². The molecule has 406 valence electrons. The summed E-state index contributed by atoms with van der Waals surface area (Å²) in [7, 11) is 0. The van der Waals surface area contributed by atoms with Crippen molar-refractivity contribution in [1.82, 2.24) is 37.2 Å². The first kappa shape index (κ1) is 63.7. The van der Waals surface area contributed by atoms with Crippen LogP contribution in [0.15, 0.2) is 0 Å². The summed E-state index contributed by atoms with van der Waals surface area (Å²) >= 11 is 0. The van der Waals surface area contributed by atoms with Crippen molar-refractivity contribution in [3.05, 3.63) is 0 Å². The monoisotopic (exact) mass is 1010 g/mol. The van der Waals surface area contributed by atoms with E-state index in [1.807, 2.05) is 13.8 Å².